The average Bonchev–Trinajstić information content (AvgIpc) is 2.22. The number of nitrogens with one attached hydrogen (secondary N) is 1. The molecule has 0 amide bonds. The largest absolute Gasteiger partial charge is 0.364 e. The molecule has 1 heterocycles. The van der Waals surface area contributed by atoms with Crippen LogP contribution in [0, 0.1) is 13.8 Å². The Morgan fingerprint density at radius 3 is 2.69 bits per heavy atom. The number of hydrogen-bond donors (Lipinski definition) is 1. The maximum absolute atomic E-state index is 3.47. The number of rotatable bonds is 1. The van der Waals surface area contributed by atoms with Crippen molar-refractivity contribution in [2.75, 3.05) is 24.5 Å². The first-order chi connectivity index (χ1) is 7.52. The van der Waals surface area contributed by atoms with Gasteiger partial charge in [0.2, 0.25) is 0 Å². The van der Waals surface area contributed by atoms with Gasteiger partial charge in [-0.05, 0) is 44.9 Å². The molecule has 2 nitrogen and oxygen atoms in total. The monoisotopic (exact) mass is 218 g/mol. The topological polar surface area (TPSA) is 15.3 Å². The van der Waals surface area contributed by atoms with Gasteiger partial charge in [0.05, 0.1) is 0 Å². The second kappa shape index (κ2) is 4.10. The summed E-state index contributed by atoms with van der Waals surface area (Å²) >= 11 is 0. The molecule has 0 spiro atoms. The zero-order valence-electron chi connectivity index (χ0n) is 10.8. The van der Waals surface area contributed by atoms with Gasteiger partial charge in [-0.3, -0.25) is 0 Å². The summed E-state index contributed by atoms with van der Waals surface area (Å²) in [5.74, 6) is 0. The highest BCUT2D eigenvalue weighted by molar-refractivity contribution is 5.58. The summed E-state index contributed by atoms with van der Waals surface area (Å²) in [4.78, 5) is 2.53. The smallest absolute Gasteiger partial charge is 0.0470 e. The van der Waals surface area contributed by atoms with E-state index in [1.807, 2.05) is 0 Å². The van der Waals surface area contributed by atoms with Gasteiger partial charge in [-0.2, -0.15) is 0 Å². The Bertz CT molecular complexity index is 382. The summed E-state index contributed by atoms with van der Waals surface area (Å²) in [7, 11) is 0. The van der Waals surface area contributed by atoms with E-state index in [-0.39, 0.29) is 5.54 Å². The third kappa shape index (κ3) is 1.94. The summed E-state index contributed by atoms with van der Waals surface area (Å²) in [6.07, 6.45) is 0. The number of anilines is 1. The van der Waals surface area contributed by atoms with Gasteiger partial charge in [0.15, 0.2) is 0 Å². The van der Waals surface area contributed by atoms with Gasteiger partial charge in [-0.25, -0.2) is 0 Å². The molecule has 0 saturated carbocycles. The van der Waals surface area contributed by atoms with Gasteiger partial charge >= 0.3 is 0 Å². The molecule has 0 unspecified atom stereocenters. The third-order valence-corrected chi connectivity index (χ3v) is 3.67. The molecule has 1 aliphatic rings. The van der Waals surface area contributed by atoms with Crippen molar-refractivity contribution in [1.29, 1.82) is 0 Å². The molecule has 1 aromatic carbocycles. The predicted molar refractivity (Wildman–Crippen MR) is 70.2 cm³/mol. The molecule has 16 heavy (non-hydrogen) atoms. The van der Waals surface area contributed by atoms with Crippen molar-refractivity contribution in [2.24, 2.45) is 0 Å². The van der Waals surface area contributed by atoms with E-state index in [1.54, 1.807) is 0 Å². The van der Waals surface area contributed by atoms with Gasteiger partial charge in [0.1, 0.15) is 0 Å². The minimum atomic E-state index is 0.205. The van der Waals surface area contributed by atoms with Crippen LogP contribution in [0.5, 0.6) is 0 Å². The molecule has 0 aromatic heterocycles. The molecule has 0 atom stereocenters. The van der Waals surface area contributed by atoms with Crippen molar-refractivity contribution in [2.45, 2.75) is 33.2 Å². The Kier molecular flexibility index (Phi) is 2.94. The highest BCUT2D eigenvalue weighted by atomic mass is 15.3. The van der Waals surface area contributed by atoms with Crippen molar-refractivity contribution in [3.05, 3.63) is 29.3 Å². The molecule has 1 aliphatic heterocycles. The van der Waals surface area contributed by atoms with Crippen molar-refractivity contribution < 1.29 is 0 Å². The van der Waals surface area contributed by atoms with E-state index < -0.39 is 0 Å². The molecular weight excluding hydrogens is 196 g/mol. The molecule has 0 radical (unpaired) electrons. The average molecular weight is 218 g/mol. The van der Waals surface area contributed by atoms with E-state index in [0.717, 1.165) is 19.6 Å². The summed E-state index contributed by atoms with van der Waals surface area (Å²) in [5, 5.41) is 3.47. The van der Waals surface area contributed by atoms with Crippen LogP contribution >= 0.6 is 0 Å². The molecule has 1 aromatic rings. The summed E-state index contributed by atoms with van der Waals surface area (Å²) in [6.45, 7) is 12.3. The van der Waals surface area contributed by atoms with Crippen LogP contribution in [0.4, 0.5) is 5.69 Å². The molecule has 2 heteroatoms. The van der Waals surface area contributed by atoms with E-state index in [4.69, 9.17) is 0 Å². The Morgan fingerprint density at radius 1 is 1.25 bits per heavy atom. The lowest BCUT2D eigenvalue weighted by molar-refractivity contribution is 0.380. The lowest BCUT2D eigenvalue weighted by Gasteiger charge is -2.45. The molecule has 1 N–H and O–H groups in total. The highest BCUT2D eigenvalue weighted by Gasteiger charge is 2.30. The van der Waals surface area contributed by atoms with Gasteiger partial charge < -0.3 is 10.2 Å². The van der Waals surface area contributed by atoms with Gasteiger partial charge in [-0.1, -0.05) is 12.1 Å². The third-order valence-electron chi connectivity index (χ3n) is 3.67. The first-order valence-corrected chi connectivity index (χ1v) is 6.07. The molecule has 0 bridgehead atoms. The number of piperazine rings is 1. The number of aryl methyl sites for hydroxylation is 1. The van der Waals surface area contributed by atoms with Crippen LogP contribution in [-0.2, 0) is 0 Å². The SMILES string of the molecule is Cc1cccc(N2CCNCC2(C)C)c1C. The van der Waals surface area contributed by atoms with Crippen LogP contribution in [0.2, 0.25) is 0 Å². The molecule has 1 saturated heterocycles. The molecule has 1 fully saturated rings. The quantitative estimate of drug-likeness (QED) is 0.779. The minimum absolute atomic E-state index is 0.205. The lowest BCUT2D eigenvalue weighted by atomic mass is 9.97. The second-order valence-electron chi connectivity index (χ2n) is 5.36. The van der Waals surface area contributed by atoms with Gasteiger partial charge in [0, 0.05) is 30.9 Å². The minimum Gasteiger partial charge on any atom is -0.364 e. The molecule has 0 aliphatic carbocycles. The Hall–Kier alpha value is -1.02. The first-order valence-electron chi connectivity index (χ1n) is 6.07. The normalized spacial score (nSPS) is 19.9. The van der Waals surface area contributed by atoms with Crippen LogP contribution in [0.1, 0.15) is 25.0 Å². The van der Waals surface area contributed by atoms with Crippen molar-refractivity contribution >= 4 is 5.69 Å². The maximum Gasteiger partial charge on any atom is 0.0470 e. The van der Waals surface area contributed by atoms with Crippen LogP contribution in [0.3, 0.4) is 0 Å². The van der Waals surface area contributed by atoms with Crippen LogP contribution in [0.25, 0.3) is 0 Å². The van der Waals surface area contributed by atoms with E-state index in [2.05, 4.69) is 56.1 Å². The van der Waals surface area contributed by atoms with E-state index in [0.29, 0.717) is 0 Å². The molecule has 88 valence electrons. The van der Waals surface area contributed by atoms with Crippen molar-refractivity contribution in [3.63, 3.8) is 0 Å². The maximum atomic E-state index is 3.47. The fourth-order valence-electron chi connectivity index (χ4n) is 2.46. The van der Waals surface area contributed by atoms with Crippen molar-refractivity contribution in [3.8, 4) is 0 Å². The number of hydrogen-bond acceptors (Lipinski definition) is 2. The lowest BCUT2D eigenvalue weighted by Crippen LogP contribution is -2.58. The Morgan fingerprint density at radius 2 is 2.00 bits per heavy atom. The van der Waals surface area contributed by atoms with Crippen LogP contribution < -0.4 is 10.2 Å². The van der Waals surface area contributed by atoms with Crippen LogP contribution in [0.15, 0.2) is 18.2 Å². The summed E-state index contributed by atoms with van der Waals surface area (Å²) < 4.78 is 0. The summed E-state index contributed by atoms with van der Waals surface area (Å²) in [6, 6.07) is 6.60. The van der Waals surface area contributed by atoms with E-state index in [1.165, 1.54) is 16.8 Å². The zero-order chi connectivity index (χ0) is 11.8. The number of nitrogens with zero attached hydrogens (tertiary/aromatic N) is 1. The Labute approximate surface area is 98.7 Å². The molecular formula is C14H22N2. The molecule has 2 rings (SSSR count). The fraction of sp³-hybridized carbons (Fsp3) is 0.571. The number of benzene rings is 1. The summed E-state index contributed by atoms with van der Waals surface area (Å²) in [5.41, 5.74) is 4.40. The second-order valence-corrected chi connectivity index (χ2v) is 5.36. The highest BCUT2D eigenvalue weighted by Crippen LogP contribution is 2.29. The van der Waals surface area contributed by atoms with Crippen molar-refractivity contribution in [1.82, 2.24) is 5.32 Å². The predicted octanol–water partition coefficient (Wildman–Crippen LogP) is 2.49. The van der Waals surface area contributed by atoms with Gasteiger partial charge in [0.25, 0.3) is 0 Å². The standard InChI is InChI=1S/C14H22N2/c1-11-6-5-7-13(12(11)2)16-9-8-15-10-14(16,3)4/h5-7,15H,8-10H2,1-4H3. The van der Waals surface area contributed by atoms with Gasteiger partial charge in [-0.15, -0.1) is 0 Å². The van der Waals surface area contributed by atoms with Crippen LogP contribution in [-0.4, -0.2) is 25.2 Å². The van der Waals surface area contributed by atoms with E-state index >= 15 is 0 Å². The first kappa shape index (κ1) is 11.5. The fourth-order valence-corrected chi connectivity index (χ4v) is 2.46. The Balaban J connectivity index is 2.39. The van der Waals surface area contributed by atoms with E-state index in [9.17, 15) is 0 Å². The zero-order valence-corrected chi connectivity index (χ0v) is 10.8.